The third-order valence-corrected chi connectivity index (χ3v) is 4.76. The van der Waals surface area contributed by atoms with Gasteiger partial charge in [0.15, 0.2) is 0 Å². The molecule has 128 valence electrons. The summed E-state index contributed by atoms with van der Waals surface area (Å²) in [4.78, 5) is 0. The summed E-state index contributed by atoms with van der Waals surface area (Å²) in [7, 11) is 1.70. The Kier molecular flexibility index (Phi) is 5.20. The van der Waals surface area contributed by atoms with E-state index in [1.807, 2.05) is 18.2 Å². The number of aliphatic hydroxyl groups is 1. The average Bonchev–Trinajstić information content (AvgIpc) is 2.63. The molecular formula is C23H24O2. The second-order valence-electron chi connectivity index (χ2n) is 6.42. The van der Waals surface area contributed by atoms with Crippen LogP contribution in [0.3, 0.4) is 0 Å². The Balaban J connectivity index is 2.14. The second-order valence-corrected chi connectivity index (χ2v) is 6.42. The maximum Gasteiger partial charge on any atom is 0.121 e. The van der Waals surface area contributed by atoms with E-state index in [4.69, 9.17) is 4.74 Å². The van der Waals surface area contributed by atoms with Gasteiger partial charge in [0.25, 0.3) is 0 Å². The molecule has 25 heavy (non-hydrogen) atoms. The molecule has 0 aliphatic carbocycles. The van der Waals surface area contributed by atoms with Crippen LogP contribution in [0.2, 0.25) is 0 Å². The van der Waals surface area contributed by atoms with E-state index < -0.39 is 0 Å². The van der Waals surface area contributed by atoms with Gasteiger partial charge in [-0.25, -0.2) is 0 Å². The van der Waals surface area contributed by atoms with Gasteiger partial charge in [0.2, 0.25) is 0 Å². The predicted octanol–water partition coefficient (Wildman–Crippen LogP) is 4.98. The number of aryl methyl sites for hydroxylation is 2. The lowest BCUT2D eigenvalue weighted by Crippen LogP contribution is -2.05. The molecule has 0 aromatic heterocycles. The Morgan fingerprint density at radius 3 is 2.00 bits per heavy atom. The Bertz CT molecular complexity index is 800. The number of benzene rings is 3. The van der Waals surface area contributed by atoms with Crippen LogP contribution in [-0.4, -0.2) is 12.2 Å². The molecule has 1 atom stereocenters. The third kappa shape index (κ3) is 3.59. The van der Waals surface area contributed by atoms with Crippen molar-refractivity contribution in [3.8, 4) is 5.75 Å². The Morgan fingerprint density at radius 1 is 0.800 bits per heavy atom. The molecule has 0 heterocycles. The SMILES string of the molecule is COc1ccc(C(c2ccccc2)c2ccc(CO)c(C)c2)cc1C. The van der Waals surface area contributed by atoms with Crippen molar-refractivity contribution in [2.75, 3.05) is 7.11 Å². The number of ether oxygens (including phenoxy) is 1. The molecule has 0 bridgehead atoms. The van der Waals surface area contributed by atoms with E-state index in [0.717, 1.165) is 22.4 Å². The van der Waals surface area contributed by atoms with Gasteiger partial charge in [-0.05, 0) is 53.3 Å². The Morgan fingerprint density at radius 2 is 1.44 bits per heavy atom. The Hall–Kier alpha value is -2.58. The first-order valence-electron chi connectivity index (χ1n) is 8.53. The third-order valence-electron chi connectivity index (χ3n) is 4.76. The summed E-state index contributed by atoms with van der Waals surface area (Å²) in [5.41, 5.74) is 6.94. The molecule has 3 aromatic rings. The molecule has 2 nitrogen and oxygen atoms in total. The Labute approximate surface area is 149 Å². The van der Waals surface area contributed by atoms with E-state index >= 15 is 0 Å². The standard InChI is InChI=1S/C23H24O2/c1-16-13-19(9-10-21(16)15-24)23(18-7-5-4-6-8-18)20-11-12-22(25-3)17(2)14-20/h4-14,23-24H,15H2,1-3H3. The highest BCUT2D eigenvalue weighted by Crippen LogP contribution is 2.34. The van der Waals surface area contributed by atoms with E-state index in [2.05, 4.69) is 62.4 Å². The van der Waals surface area contributed by atoms with Crippen LogP contribution in [0.25, 0.3) is 0 Å². The zero-order chi connectivity index (χ0) is 17.8. The average molecular weight is 332 g/mol. The molecule has 0 saturated carbocycles. The van der Waals surface area contributed by atoms with Crippen LogP contribution in [0.4, 0.5) is 0 Å². The van der Waals surface area contributed by atoms with Crippen molar-refractivity contribution in [3.63, 3.8) is 0 Å². The summed E-state index contributed by atoms with van der Waals surface area (Å²) in [5.74, 6) is 1.06. The summed E-state index contributed by atoms with van der Waals surface area (Å²) >= 11 is 0. The van der Waals surface area contributed by atoms with Gasteiger partial charge in [-0.15, -0.1) is 0 Å². The topological polar surface area (TPSA) is 29.5 Å². The minimum absolute atomic E-state index is 0.0732. The fourth-order valence-electron chi connectivity index (χ4n) is 3.38. The fourth-order valence-corrected chi connectivity index (χ4v) is 3.38. The van der Waals surface area contributed by atoms with E-state index in [-0.39, 0.29) is 12.5 Å². The zero-order valence-corrected chi connectivity index (χ0v) is 15.0. The summed E-state index contributed by atoms with van der Waals surface area (Å²) in [5, 5.41) is 9.46. The predicted molar refractivity (Wildman–Crippen MR) is 102 cm³/mol. The van der Waals surface area contributed by atoms with Crippen molar-refractivity contribution in [2.45, 2.75) is 26.4 Å². The number of methoxy groups -OCH3 is 1. The maximum atomic E-state index is 9.46. The van der Waals surface area contributed by atoms with Gasteiger partial charge in [-0.3, -0.25) is 0 Å². The molecule has 0 fully saturated rings. The lowest BCUT2D eigenvalue weighted by atomic mass is 9.83. The first-order valence-corrected chi connectivity index (χ1v) is 8.53. The fraction of sp³-hybridized carbons (Fsp3) is 0.217. The molecule has 3 aromatic carbocycles. The normalized spacial score (nSPS) is 12.0. The summed E-state index contributed by atoms with van der Waals surface area (Å²) in [6, 6.07) is 23.2. The number of aliphatic hydroxyl groups excluding tert-OH is 1. The quantitative estimate of drug-likeness (QED) is 0.667. The maximum absolute atomic E-state index is 9.46. The van der Waals surface area contributed by atoms with Crippen LogP contribution in [0.1, 0.15) is 39.3 Å². The van der Waals surface area contributed by atoms with Crippen molar-refractivity contribution >= 4 is 0 Å². The summed E-state index contributed by atoms with van der Waals surface area (Å²) in [6.07, 6.45) is 0. The molecule has 0 saturated heterocycles. The lowest BCUT2D eigenvalue weighted by Gasteiger charge is -2.21. The van der Waals surface area contributed by atoms with Crippen LogP contribution >= 0.6 is 0 Å². The smallest absolute Gasteiger partial charge is 0.121 e. The van der Waals surface area contributed by atoms with Gasteiger partial charge >= 0.3 is 0 Å². The lowest BCUT2D eigenvalue weighted by molar-refractivity contribution is 0.281. The van der Waals surface area contributed by atoms with Crippen LogP contribution < -0.4 is 4.74 Å². The number of rotatable bonds is 5. The second kappa shape index (κ2) is 7.54. The van der Waals surface area contributed by atoms with Crippen molar-refractivity contribution in [1.29, 1.82) is 0 Å². The molecule has 0 spiro atoms. The van der Waals surface area contributed by atoms with Crippen LogP contribution in [0.5, 0.6) is 5.75 Å². The van der Waals surface area contributed by atoms with E-state index in [9.17, 15) is 5.11 Å². The number of hydrogen-bond acceptors (Lipinski definition) is 2. The molecule has 0 aliphatic heterocycles. The molecule has 2 heteroatoms. The van der Waals surface area contributed by atoms with Gasteiger partial charge in [0.1, 0.15) is 5.75 Å². The summed E-state index contributed by atoms with van der Waals surface area (Å²) < 4.78 is 5.41. The minimum Gasteiger partial charge on any atom is -0.496 e. The van der Waals surface area contributed by atoms with Crippen molar-refractivity contribution < 1.29 is 9.84 Å². The first kappa shape index (κ1) is 17.2. The first-order chi connectivity index (χ1) is 12.1. The van der Waals surface area contributed by atoms with Gasteiger partial charge in [0, 0.05) is 5.92 Å². The highest BCUT2D eigenvalue weighted by Gasteiger charge is 2.18. The van der Waals surface area contributed by atoms with E-state index in [1.54, 1.807) is 7.11 Å². The molecule has 3 rings (SSSR count). The molecule has 1 N–H and O–H groups in total. The van der Waals surface area contributed by atoms with Crippen molar-refractivity contribution in [2.24, 2.45) is 0 Å². The van der Waals surface area contributed by atoms with Crippen molar-refractivity contribution in [3.05, 3.63) is 100 Å². The van der Waals surface area contributed by atoms with Crippen molar-refractivity contribution in [1.82, 2.24) is 0 Å². The summed E-state index contributed by atoms with van der Waals surface area (Å²) in [6.45, 7) is 4.20. The molecule has 0 aliphatic rings. The molecule has 0 radical (unpaired) electrons. The van der Waals surface area contributed by atoms with E-state index in [1.165, 1.54) is 16.7 Å². The number of hydrogen-bond donors (Lipinski definition) is 1. The highest BCUT2D eigenvalue weighted by atomic mass is 16.5. The molecule has 0 amide bonds. The van der Waals surface area contributed by atoms with Gasteiger partial charge < -0.3 is 9.84 Å². The van der Waals surface area contributed by atoms with Gasteiger partial charge in [-0.2, -0.15) is 0 Å². The van der Waals surface area contributed by atoms with Crippen LogP contribution in [0, 0.1) is 13.8 Å². The van der Waals surface area contributed by atoms with Gasteiger partial charge in [0.05, 0.1) is 13.7 Å². The molecule has 1 unspecified atom stereocenters. The van der Waals surface area contributed by atoms with E-state index in [0.29, 0.717) is 0 Å². The van der Waals surface area contributed by atoms with Crippen LogP contribution in [0.15, 0.2) is 66.7 Å². The van der Waals surface area contributed by atoms with Crippen LogP contribution in [-0.2, 0) is 6.61 Å². The zero-order valence-electron chi connectivity index (χ0n) is 15.0. The largest absolute Gasteiger partial charge is 0.496 e. The highest BCUT2D eigenvalue weighted by molar-refractivity contribution is 5.48. The minimum atomic E-state index is 0.0732. The monoisotopic (exact) mass is 332 g/mol. The van der Waals surface area contributed by atoms with Gasteiger partial charge in [-0.1, -0.05) is 60.7 Å². The molecular weight excluding hydrogens is 308 g/mol.